The Bertz CT molecular complexity index is 1280. The van der Waals surface area contributed by atoms with Gasteiger partial charge >= 0.3 is 0 Å². The number of carbonyl (C=O) groups is 3. The van der Waals surface area contributed by atoms with Crippen molar-refractivity contribution in [3.8, 4) is 0 Å². The molecule has 0 aromatic heterocycles. The zero-order chi connectivity index (χ0) is 52.1. The smallest absolute Gasteiger partial charge is 0.220 e. The first kappa shape index (κ1) is 66.7. The highest BCUT2D eigenvalue weighted by Crippen LogP contribution is 2.24. The van der Waals surface area contributed by atoms with Crippen molar-refractivity contribution in [2.24, 2.45) is 0 Å². The van der Waals surface area contributed by atoms with Crippen LogP contribution >= 0.6 is 0 Å². The van der Waals surface area contributed by atoms with Gasteiger partial charge in [0.1, 0.15) is 42.7 Å². The first-order valence-corrected chi connectivity index (χ1v) is 24.6. The van der Waals surface area contributed by atoms with E-state index in [1.807, 2.05) is 27.8 Å². The SMILES string of the molecule is CC.CCC(=O)NCCCCCC(=O)NCCCCC(NC)NCCCCCC(=O)NCCO[C@@H](OC(CO[C@H]1OC(CO)CC(O)C1O)[C@H](C)O)C(O)CO[C@H]1OC(CO)[C@@H](O)C(O)C1O.CO. The summed E-state index contributed by atoms with van der Waals surface area (Å²) in [5, 5.41) is 114. The fourth-order valence-corrected chi connectivity index (χ4v) is 6.94. The molecule has 0 saturated carbocycles. The molecule has 0 radical (unpaired) electrons. The van der Waals surface area contributed by atoms with Crippen molar-refractivity contribution in [1.82, 2.24) is 26.6 Å². The Labute approximate surface area is 408 Å². The molecule has 15 N–H and O–H groups in total. The van der Waals surface area contributed by atoms with Crippen LogP contribution in [0, 0.1) is 0 Å². The van der Waals surface area contributed by atoms with Crippen LogP contribution in [0.4, 0.5) is 0 Å². The molecule has 24 nitrogen and oxygen atoms in total. The molecule has 9 unspecified atom stereocenters. The van der Waals surface area contributed by atoms with E-state index in [-0.39, 0.29) is 49.9 Å². The van der Waals surface area contributed by atoms with Gasteiger partial charge in [0.15, 0.2) is 18.9 Å². The lowest BCUT2D eigenvalue weighted by Gasteiger charge is -2.40. The Morgan fingerprint density at radius 2 is 1.25 bits per heavy atom. The number of amides is 3. The number of hydrogen-bond acceptors (Lipinski definition) is 21. The third kappa shape index (κ3) is 28.5. The third-order valence-corrected chi connectivity index (χ3v) is 11.1. The lowest BCUT2D eigenvalue weighted by molar-refractivity contribution is -0.316. The number of unbranched alkanes of at least 4 members (excludes halogenated alkanes) is 5. The van der Waals surface area contributed by atoms with E-state index in [9.17, 15) is 60.3 Å². The molecule has 2 aliphatic rings. The van der Waals surface area contributed by atoms with Crippen molar-refractivity contribution >= 4 is 17.7 Å². The quantitative estimate of drug-likeness (QED) is 0.0219. The van der Waals surface area contributed by atoms with Gasteiger partial charge in [0.05, 0.1) is 57.5 Å². The summed E-state index contributed by atoms with van der Waals surface area (Å²) >= 11 is 0. The number of ether oxygens (including phenoxy) is 6. The molecule has 69 heavy (non-hydrogen) atoms. The molecule has 14 atom stereocenters. The van der Waals surface area contributed by atoms with Crippen molar-refractivity contribution in [2.75, 3.05) is 73.4 Å². The van der Waals surface area contributed by atoms with Gasteiger partial charge < -0.3 is 106 Å². The van der Waals surface area contributed by atoms with Gasteiger partial charge in [-0.15, -0.1) is 0 Å². The first-order valence-electron chi connectivity index (χ1n) is 24.6. The topological polar surface area (TPSA) is 369 Å². The Kier molecular flexibility index (Phi) is 39.8. The Hall–Kier alpha value is -2.31. The molecule has 2 heterocycles. The molecule has 24 heteroatoms. The monoisotopic (exact) mass is 1010 g/mol. The number of rotatable bonds is 36. The average molecular weight is 1010 g/mol. The Morgan fingerprint density at radius 3 is 1.83 bits per heavy atom. The van der Waals surface area contributed by atoms with Gasteiger partial charge in [-0.2, -0.15) is 0 Å². The van der Waals surface area contributed by atoms with Gasteiger partial charge in [0.25, 0.3) is 0 Å². The molecule has 0 aromatic rings. The predicted octanol–water partition coefficient (Wildman–Crippen LogP) is -3.06. The molecule has 0 spiro atoms. The van der Waals surface area contributed by atoms with Crippen molar-refractivity contribution < 1.29 is 93.9 Å². The molecule has 0 aromatic carbocycles. The van der Waals surface area contributed by atoms with Gasteiger partial charge in [-0.25, -0.2) is 0 Å². The summed E-state index contributed by atoms with van der Waals surface area (Å²) in [5.41, 5.74) is 0. The van der Waals surface area contributed by atoms with E-state index in [0.29, 0.717) is 32.4 Å². The van der Waals surface area contributed by atoms with E-state index in [4.69, 9.17) is 33.5 Å². The standard InChI is InChI=1S/C42H81N5O18.C2H6.CH4O/c1-4-33(53)45-17-11-6-8-14-34(54)46-18-12-9-13-32(43-3)44-16-10-5-7-15-35(55)47-19-20-60-40(29(52)24-61-42-39(59)38(58)37(57)30(23-49)64-42)65-31(26(2)50)25-62-41-36(56)28(51)21-27(22-48)63-41;2*1-2/h26-32,36-44,48-52,56-59H,4-25H2,1-3H3,(H,45,53)(H,46,54)(H,47,55);1-2H3;2H,1H3/t26-,27?,28?,29?,30?,31?,32?,36?,37+,38?,39?,40-,41-,42-;;/m0../s1. The second-order valence-corrected chi connectivity index (χ2v) is 16.5. The van der Waals surface area contributed by atoms with Crippen molar-refractivity contribution in [3.05, 3.63) is 0 Å². The van der Waals surface area contributed by atoms with E-state index in [2.05, 4.69) is 26.6 Å². The van der Waals surface area contributed by atoms with Crippen LogP contribution in [0.15, 0.2) is 0 Å². The molecule has 0 bridgehead atoms. The molecule has 410 valence electrons. The molecule has 0 aliphatic carbocycles. The summed E-state index contributed by atoms with van der Waals surface area (Å²) in [6, 6.07) is 0. The molecule has 3 amide bonds. The molecule has 2 aliphatic heterocycles. The summed E-state index contributed by atoms with van der Waals surface area (Å²) < 4.78 is 33.5. The van der Waals surface area contributed by atoms with E-state index >= 15 is 0 Å². The van der Waals surface area contributed by atoms with Crippen LogP contribution in [-0.4, -0.2) is 228 Å². The molecular formula is C45H91N5O19. The molecule has 2 saturated heterocycles. The second kappa shape index (κ2) is 41.2. The third-order valence-electron chi connectivity index (χ3n) is 11.1. The van der Waals surface area contributed by atoms with Crippen LogP contribution in [0.1, 0.15) is 111 Å². The van der Waals surface area contributed by atoms with Crippen LogP contribution < -0.4 is 26.6 Å². The lowest BCUT2D eigenvalue weighted by atomic mass is 9.99. The number of hydrogen-bond donors (Lipinski definition) is 15. The van der Waals surface area contributed by atoms with Crippen LogP contribution in [0.3, 0.4) is 0 Å². The average Bonchev–Trinajstić information content (AvgIpc) is 3.35. The first-order chi connectivity index (χ1) is 33.1. The highest BCUT2D eigenvalue weighted by Gasteiger charge is 2.45. The fourth-order valence-electron chi connectivity index (χ4n) is 6.94. The summed E-state index contributed by atoms with van der Waals surface area (Å²) in [6.45, 7) is 6.78. The maximum absolute atomic E-state index is 12.6. The Morgan fingerprint density at radius 1 is 0.681 bits per heavy atom. The largest absolute Gasteiger partial charge is 0.400 e. The maximum atomic E-state index is 12.6. The van der Waals surface area contributed by atoms with Crippen molar-refractivity contribution in [2.45, 2.75) is 197 Å². The van der Waals surface area contributed by atoms with Crippen LogP contribution in [0.5, 0.6) is 0 Å². The van der Waals surface area contributed by atoms with Crippen LogP contribution in [0.2, 0.25) is 0 Å². The van der Waals surface area contributed by atoms with E-state index in [1.165, 1.54) is 6.92 Å². The normalized spacial score (nSPS) is 25.7. The summed E-state index contributed by atoms with van der Waals surface area (Å²) in [7, 11) is 2.88. The fraction of sp³-hybridized carbons (Fsp3) is 0.933. The summed E-state index contributed by atoms with van der Waals surface area (Å²) in [6.07, 6.45) is -9.81. The van der Waals surface area contributed by atoms with Crippen LogP contribution in [-0.2, 0) is 42.8 Å². The predicted molar refractivity (Wildman–Crippen MR) is 251 cm³/mol. The number of aliphatic hydroxyl groups is 10. The minimum atomic E-state index is -1.75. The minimum Gasteiger partial charge on any atom is -0.400 e. The molecule has 2 fully saturated rings. The van der Waals surface area contributed by atoms with Crippen molar-refractivity contribution in [1.29, 1.82) is 0 Å². The number of nitrogens with one attached hydrogen (secondary N) is 5. The summed E-state index contributed by atoms with van der Waals surface area (Å²) in [5.74, 6) is -0.144. The zero-order valence-electron chi connectivity index (χ0n) is 41.8. The van der Waals surface area contributed by atoms with E-state index < -0.39 is 106 Å². The second-order valence-electron chi connectivity index (χ2n) is 16.5. The van der Waals surface area contributed by atoms with Crippen molar-refractivity contribution in [3.63, 3.8) is 0 Å². The number of carbonyl (C=O) groups excluding carboxylic acids is 3. The highest BCUT2D eigenvalue weighted by molar-refractivity contribution is 5.76. The number of aliphatic hydroxyl groups excluding tert-OH is 10. The van der Waals surface area contributed by atoms with Gasteiger partial charge in [0, 0.05) is 52.4 Å². The van der Waals surface area contributed by atoms with Crippen LogP contribution in [0.25, 0.3) is 0 Å². The minimum absolute atomic E-state index is 0.00756. The van der Waals surface area contributed by atoms with Gasteiger partial charge in [-0.3, -0.25) is 14.4 Å². The van der Waals surface area contributed by atoms with Gasteiger partial charge in [-0.1, -0.05) is 33.6 Å². The van der Waals surface area contributed by atoms with Gasteiger partial charge in [-0.05, 0) is 65.5 Å². The lowest BCUT2D eigenvalue weighted by Crippen LogP contribution is -2.59. The summed E-state index contributed by atoms with van der Waals surface area (Å²) in [4.78, 5) is 36.0. The molecular weight excluding hydrogens is 915 g/mol. The zero-order valence-corrected chi connectivity index (χ0v) is 41.8. The highest BCUT2D eigenvalue weighted by atomic mass is 16.7. The van der Waals surface area contributed by atoms with E-state index in [1.54, 1.807) is 0 Å². The Balaban J connectivity index is 0.0000112. The maximum Gasteiger partial charge on any atom is 0.220 e. The van der Waals surface area contributed by atoms with Gasteiger partial charge in [0.2, 0.25) is 17.7 Å². The van der Waals surface area contributed by atoms with E-state index in [0.717, 1.165) is 65.0 Å². The molecule has 2 rings (SSSR count).